The number of carbonyl (C=O) groups is 1. The molecule has 4 N–H and O–H groups in total. The highest BCUT2D eigenvalue weighted by molar-refractivity contribution is 14.0. The van der Waals surface area contributed by atoms with E-state index in [9.17, 15) is 9.18 Å². The quantitative estimate of drug-likeness (QED) is 0.284. The van der Waals surface area contributed by atoms with Crippen LogP contribution in [0.15, 0.2) is 47.5 Å². The largest absolute Gasteiger partial charge is 0.366 e. The van der Waals surface area contributed by atoms with Crippen LogP contribution in [0.2, 0.25) is 5.02 Å². The molecule has 29 heavy (non-hydrogen) atoms. The Morgan fingerprint density at radius 1 is 1.17 bits per heavy atom. The average Bonchev–Trinajstić information content (AvgIpc) is 2.64. The van der Waals surface area contributed by atoms with Crippen LogP contribution in [0.5, 0.6) is 0 Å². The Hall–Kier alpha value is -1.87. The van der Waals surface area contributed by atoms with Crippen molar-refractivity contribution >= 4 is 47.4 Å². The summed E-state index contributed by atoms with van der Waals surface area (Å²) < 4.78 is 13.3. The van der Waals surface area contributed by atoms with E-state index >= 15 is 0 Å². The molecule has 0 spiro atoms. The van der Waals surface area contributed by atoms with Crippen LogP contribution in [-0.4, -0.2) is 25.0 Å². The van der Waals surface area contributed by atoms with Gasteiger partial charge in [0.25, 0.3) is 0 Å². The van der Waals surface area contributed by atoms with Crippen LogP contribution >= 0.6 is 35.6 Å². The normalized spacial score (nSPS) is 11.6. The second-order valence-corrected chi connectivity index (χ2v) is 7.53. The molecule has 0 bridgehead atoms. The van der Waals surface area contributed by atoms with E-state index in [1.165, 1.54) is 12.1 Å². The lowest BCUT2D eigenvalue weighted by atomic mass is 9.84. The minimum atomic E-state index is -0.452. The zero-order valence-electron chi connectivity index (χ0n) is 16.8. The van der Waals surface area contributed by atoms with E-state index in [2.05, 4.69) is 15.6 Å². The van der Waals surface area contributed by atoms with Crippen molar-refractivity contribution in [2.75, 3.05) is 13.1 Å². The van der Waals surface area contributed by atoms with Crippen LogP contribution in [0.4, 0.5) is 4.39 Å². The fourth-order valence-corrected chi connectivity index (χ4v) is 3.15. The first kappa shape index (κ1) is 25.2. The van der Waals surface area contributed by atoms with Gasteiger partial charge in [0.05, 0.1) is 6.54 Å². The molecule has 158 valence electrons. The van der Waals surface area contributed by atoms with E-state index < -0.39 is 5.91 Å². The van der Waals surface area contributed by atoms with Crippen LogP contribution in [-0.2, 0) is 12.0 Å². The van der Waals surface area contributed by atoms with Gasteiger partial charge in [-0.1, -0.05) is 43.6 Å². The molecule has 0 saturated heterocycles. The summed E-state index contributed by atoms with van der Waals surface area (Å²) >= 11 is 6.22. The number of aliphatic imine (C=N–C) groups is 1. The van der Waals surface area contributed by atoms with E-state index in [4.69, 9.17) is 17.3 Å². The highest BCUT2D eigenvalue weighted by atomic mass is 127. The molecule has 2 aromatic carbocycles. The van der Waals surface area contributed by atoms with E-state index in [0.717, 1.165) is 11.1 Å². The van der Waals surface area contributed by atoms with Crippen molar-refractivity contribution in [3.8, 4) is 0 Å². The van der Waals surface area contributed by atoms with Crippen molar-refractivity contribution in [1.82, 2.24) is 10.6 Å². The molecule has 0 unspecified atom stereocenters. The van der Waals surface area contributed by atoms with Crippen molar-refractivity contribution in [2.24, 2.45) is 10.7 Å². The third kappa shape index (κ3) is 7.47. The molecule has 2 rings (SSSR count). The lowest BCUT2D eigenvalue weighted by molar-refractivity contribution is 0.100. The number of nitrogens with two attached hydrogens (primary N) is 1. The molecule has 8 heteroatoms. The van der Waals surface area contributed by atoms with Gasteiger partial charge in [-0.2, -0.15) is 0 Å². The lowest BCUT2D eigenvalue weighted by Gasteiger charge is -2.27. The molecule has 5 nitrogen and oxygen atoms in total. The number of benzene rings is 2. The molecule has 1 amide bonds. The summed E-state index contributed by atoms with van der Waals surface area (Å²) in [6.07, 6.45) is 0. The van der Waals surface area contributed by atoms with Gasteiger partial charge < -0.3 is 16.4 Å². The zero-order valence-corrected chi connectivity index (χ0v) is 19.8. The third-order valence-corrected chi connectivity index (χ3v) is 4.67. The van der Waals surface area contributed by atoms with Crippen LogP contribution in [0.3, 0.4) is 0 Å². The van der Waals surface area contributed by atoms with Gasteiger partial charge in [-0.05, 0) is 42.3 Å². The van der Waals surface area contributed by atoms with Gasteiger partial charge in [-0.15, -0.1) is 24.0 Å². The number of hydrogen-bond acceptors (Lipinski definition) is 2. The smallest absolute Gasteiger partial charge is 0.248 e. The van der Waals surface area contributed by atoms with Crippen molar-refractivity contribution in [2.45, 2.75) is 32.7 Å². The summed E-state index contributed by atoms with van der Waals surface area (Å²) in [6.45, 7) is 7.78. The van der Waals surface area contributed by atoms with Gasteiger partial charge >= 0.3 is 0 Å². The molecule has 0 aliphatic rings. The van der Waals surface area contributed by atoms with Gasteiger partial charge in [-0.25, -0.2) is 9.38 Å². The molecule has 0 fully saturated rings. The Balaban J connectivity index is 0.00000420. The number of nitrogens with zero attached hydrogens (tertiary/aromatic N) is 1. The predicted octanol–water partition coefficient (Wildman–Crippen LogP) is 4.23. The van der Waals surface area contributed by atoms with Gasteiger partial charge in [0.2, 0.25) is 5.91 Å². The summed E-state index contributed by atoms with van der Waals surface area (Å²) in [5.41, 5.74) is 7.22. The molecule has 0 aliphatic heterocycles. The minimum Gasteiger partial charge on any atom is -0.366 e. The number of rotatable bonds is 7. The molecule has 0 heterocycles. The Morgan fingerprint density at radius 3 is 2.38 bits per heavy atom. The maximum atomic E-state index is 13.3. The van der Waals surface area contributed by atoms with Crippen molar-refractivity contribution in [3.05, 3.63) is 70.0 Å². The molecule has 0 aliphatic carbocycles. The molecule has 0 atom stereocenters. The number of nitrogens with one attached hydrogen (secondary N) is 2. The van der Waals surface area contributed by atoms with Gasteiger partial charge in [-0.3, -0.25) is 4.79 Å². The number of primary amides is 1. The maximum absolute atomic E-state index is 13.3. The average molecular weight is 533 g/mol. The molecule has 0 saturated carbocycles. The monoisotopic (exact) mass is 532 g/mol. The summed E-state index contributed by atoms with van der Waals surface area (Å²) in [6, 6.07) is 11.5. The van der Waals surface area contributed by atoms with Gasteiger partial charge in [0.1, 0.15) is 5.82 Å². The first-order valence-electron chi connectivity index (χ1n) is 9.09. The fourth-order valence-electron chi connectivity index (χ4n) is 2.72. The lowest BCUT2D eigenvalue weighted by Crippen LogP contribution is -2.43. The first-order valence-corrected chi connectivity index (χ1v) is 9.47. The molecule has 0 aromatic heterocycles. The summed E-state index contributed by atoms with van der Waals surface area (Å²) in [7, 11) is 0. The van der Waals surface area contributed by atoms with Crippen LogP contribution in [0, 0.1) is 5.82 Å². The highest BCUT2D eigenvalue weighted by Gasteiger charge is 2.24. The van der Waals surface area contributed by atoms with Crippen molar-refractivity contribution < 1.29 is 9.18 Å². The summed E-state index contributed by atoms with van der Waals surface area (Å²) in [4.78, 5) is 15.7. The predicted molar refractivity (Wildman–Crippen MR) is 128 cm³/mol. The SMILES string of the molecule is CCNC(=NCc1ccc(C(N)=O)cc1)NCC(C)(C)c1ccc(F)cc1Cl.I. The Labute approximate surface area is 193 Å². The number of amides is 1. The summed E-state index contributed by atoms with van der Waals surface area (Å²) in [5.74, 6) is -0.144. The highest BCUT2D eigenvalue weighted by Crippen LogP contribution is 2.29. The topological polar surface area (TPSA) is 79.5 Å². The Morgan fingerprint density at radius 2 is 1.83 bits per heavy atom. The van der Waals surface area contributed by atoms with E-state index in [-0.39, 0.29) is 35.2 Å². The minimum absolute atomic E-state index is 0. The molecule has 0 radical (unpaired) electrons. The van der Waals surface area contributed by atoms with Gasteiger partial charge in [0, 0.05) is 29.1 Å². The fraction of sp³-hybridized carbons (Fsp3) is 0.333. The third-order valence-electron chi connectivity index (χ3n) is 4.36. The zero-order chi connectivity index (χ0) is 20.7. The van der Waals surface area contributed by atoms with Crippen molar-refractivity contribution in [1.29, 1.82) is 0 Å². The van der Waals surface area contributed by atoms with Crippen LogP contribution in [0.25, 0.3) is 0 Å². The number of halogens is 3. The first-order chi connectivity index (χ1) is 13.2. The standard InChI is InChI=1S/C21H26ClFN4O.HI/c1-4-25-20(26-12-14-5-7-15(8-6-14)19(24)28)27-13-21(2,3)17-10-9-16(23)11-18(17)22;/h5-11H,4,12-13H2,1-3H3,(H2,24,28)(H2,25,26,27);1H. The van der Waals surface area contributed by atoms with E-state index in [1.807, 2.05) is 32.9 Å². The number of carbonyl (C=O) groups excluding carboxylic acids is 1. The molecular weight excluding hydrogens is 506 g/mol. The Kier molecular flexibility index (Phi) is 9.85. The van der Waals surface area contributed by atoms with E-state index in [0.29, 0.717) is 36.2 Å². The number of guanidine groups is 1. The Bertz CT molecular complexity index is 856. The summed E-state index contributed by atoms with van der Waals surface area (Å²) in [5, 5.41) is 6.92. The second-order valence-electron chi connectivity index (χ2n) is 7.12. The van der Waals surface area contributed by atoms with E-state index in [1.54, 1.807) is 18.2 Å². The van der Waals surface area contributed by atoms with Crippen LogP contribution < -0.4 is 16.4 Å². The molecule has 2 aromatic rings. The van der Waals surface area contributed by atoms with Crippen molar-refractivity contribution in [3.63, 3.8) is 0 Å². The van der Waals surface area contributed by atoms with Gasteiger partial charge in [0.15, 0.2) is 5.96 Å². The molecular formula is C21H27ClFIN4O. The number of hydrogen-bond donors (Lipinski definition) is 3. The second kappa shape index (κ2) is 11.3. The van der Waals surface area contributed by atoms with Crippen LogP contribution in [0.1, 0.15) is 42.3 Å². The maximum Gasteiger partial charge on any atom is 0.248 e.